The lowest BCUT2D eigenvalue weighted by Crippen LogP contribution is -2.23. The molecule has 3 rings (SSSR count). The van der Waals surface area contributed by atoms with E-state index in [1.54, 1.807) is 13.1 Å². The fourth-order valence-electron chi connectivity index (χ4n) is 2.84. The summed E-state index contributed by atoms with van der Waals surface area (Å²) in [5.74, 6) is 0.0465. The van der Waals surface area contributed by atoms with Gasteiger partial charge in [0.15, 0.2) is 5.69 Å². The predicted molar refractivity (Wildman–Crippen MR) is 75.7 cm³/mol. The van der Waals surface area contributed by atoms with Crippen LogP contribution in [0, 0.1) is 0 Å². The number of halogens is 3. The van der Waals surface area contributed by atoms with Crippen LogP contribution in [0.2, 0.25) is 0 Å². The molecule has 1 amide bonds. The second-order valence-electron chi connectivity index (χ2n) is 5.52. The highest BCUT2D eigenvalue weighted by atomic mass is 19.4. The molecule has 0 aliphatic heterocycles. The van der Waals surface area contributed by atoms with Gasteiger partial charge in [0.1, 0.15) is 12.4 Å². The van der Waals surface area contributed by atoms with Gasteiger partial charge in [-0.2, -0.15) is 23.4 Å². The Labute approximate surface area is 130 Å². The van der Waals surface area contributed by atoms with Crippen LogP contribution in [-0.4, -0.2) is 25.5 Å². The first kappa shape index (κ1) is 15.6. The molecule has 0 spiro atoms. The molecule has 0 saturated heterocycles. The fourth-order valence-corrected chi connectivity index (χ4v) is 2.84. The Balaban J connectivity index is 1.84. The van der Waals surface area contributed by atoms with E-state index in [4.69, 9.17) is 0 Å². The van der Waals surface area contributed by atoms with Crippen LogP contribution < -0.4 is 5.32 Å². The summed E-state index contributed by atoms with van der Waals surface area (Å²) in [5.41, 5.74) is -0.110. The van der Waals surface area contributed by atoms with Crippen LogP contribution in [0.15, 0.2) is 12.3 Å². The van der Waals surface area contributed by atoms with Crippen LogP contribution in [0.4, 0.5) is 19.0 Å². The van der Waals surface area contributed by atoms with Crippen molar-refractivity contribution in [2.75, 3.05) is 5.32 Å². The molecule has 0 unspecified atom stereocenters. The number of rotatable bonds is 3. The molecule has 1 aliphatic carbocycles. The lowest BCUT2D eigenvalue weighted by molar-refractivity contribution is -0.142. The van der Waals surface area contributed by atoms with Crippen LogP contribution in [0.1, 0.15) is 29.8 Å². The third-order valence-electron chi connectivity index (χ3n) is 3.91. The second-order valence-corrected chi connectivity index (χ2v) is 5.52. The summed E-state index contributed by atoms with van der Waals surface area (Å²) in [6, 6.07) is 1.61. The molecule has 1 aliphatic rings. The van der Waals surface area contributed by atoms with E-state index >= 15 is 0 Å². The minimum absolute atomic E-state index is 0.233. The van der Waals surface area contributed by atoms with Crippen molar-refractivity contribution < 1.29 is 18.0 Å². The molecule has 6 nitrogen and oxygen atoms in total. The third-order valence-corrected chi connectivity index (χ3v) is 3.91. The van der Waals surface area contributed by atoms with Crippen LogP contribution >= 0.6 is 0 Å². The van der Waals surface area contributed by atoms with Crippen LogP contribution in [0.25, 0.3) is 0 Å². The summed E-state index contributed by atoms with van der Waals surface area (Å²) in [6.07, 6.45) is -0.592. The fraction of sp³-hybridized carbons (Fsp3) is 0.500. The number of hydrogen-bond acceptors (Lipinski definition) is 3. The van der Waals surface area contributed by atoms with Gasteiger partial charge in [-0.3, -0.25) is 14.2 Å². The summed E-state index contributed by atoms with van der Waals surface area (Å²) >= 11 is 0. The Hall–Kier alpha value is -2.32. The monoisotopic (exact) mass is 327 g/mol. The molecule has 0 bridgehead atoms. The first-order valence-electron chi connectivity index (χ1n) is 7.30. The molecule has 0 atom stereocenters. The molecule has 2 aromatic heterocycles. The highest BCUT2D eigenvalue weighted by molar-refractivity contribution is 5.89. The Morgan fingerprint density at radius 3 is 2.74 bits per heavy atom. The van der Waals surface area contributed by atoms with Gasteiger partial charge >= 0.3 is 6.18 Å². The number of carbonyl (C=O) groups is 1. The van der Waals surface area contributed by atoms with Crippen molar-refractivity contribution in [1.82, 2.24) is 19.6 Å². The maximum atomic E-state index is 13.1. The van der Waals surface area contributed by atoms with E-state index in [0.717, 1.165) is 6.42 Å². The number of amides is 1. The highest BCUT2D eigenvalue weighted by Gasteiger charge is 2.39. The SMILES string of the molecule is Cn1nccc1NC(=O)Cn1nc(C(F)(F)F)c2c1CCCC2. The van der Waals surface area contributed by atoms with Crippen molar-refractivity contribution in [2.45, 2.75) is 38.4 Å². The van der Waals surface area contributed by atoms with Gasteiger partial charge in [-0.15, -0.1) is 0 Å². The second kappa shape index (κ2) is 5.71. The van der Waals surface area contributed by atoms with Crippen LogP contribution in [-0.2, 0) is 37.4 Å². The molecule has 0 radical (unpaired) electrons. The topological polar surface area (TPSA) is 64.7 Å². The van der Waals surface area contributed by atoms with Gasteiger partial charge in [0.2, 0.25) is 5.91 Å². The van der Waals surface area contributed by atoms with Gasteiger partial charge in [0, 0.05) is 24.4 Å². The molecule has 0 fully saturated rings. The van der Waals surface area contributed by atoms with E-state index in [9.17, 15) is 18.0 Å². The lowest BCUT2D eigenvalue weighted by atomic mass is 9.95. The van der Waals surface area contributed by atoms with Crippen LogP contribution in [0.5, 0.6) is 0 Å². The zero-order chi connectivity index (χ0) is 16.6. The number of nitrogens with one attached hydrogen (secondary N) is 1. The molecule has 23 heavy (non-hydrogen) atoms. The zero-order valence-electron chi connectivity index (χ0n) is 12.5. The Bertz CT molecular complexity index is 731. The van der Waals surface area contributed by atoms with Crippen molar-refractivity contribution in [2.24, 2.45) is 7.05 Å². The number of hydrogen-bond donors (Lipinski definition) is 1. The number of carbonyl (C=O) groups excluding carboxylic acids is 1. The van der Waals surface area contributed by atoms with E-state index < -0.39 is 17.8 Å². The first-order chi connectivity index (χ1) is 10.9. The molecule has 2 heterocycles. The standard InChI is InChI=1S/C14H16F3N5O/c1-21-11(6-7-18-21)19-12(23)8-22-10-5-3-2-4-9(10)13(20-22)14(15,16)17/h6-7H,2-5,8H2,1H3,(H,19,23). The summed E-state index contributed by atoms with van der Waals surface area (Å²) < 4.78 is 41.9. The van der Waals surface area contributed by atoms with E-state index in [0.29, 0.717) is 30.8 Å². The van der Waals surface area contributed by atoms with Crippen LogP contribution in [0.3, 0.4) is 0 Å². The van der Waals surface area contributed by atoms with Crippen molar-refractivity contribution >= 4 is 11.7 Å². The average molecular weight is 327 g/mol. The number of nitrogens with zero attached hydrogens (tertiary/aromatic N) is 4. The van der Waals surface area contributed by atoms with Gasteiger partial charge in [0.05, 0.1) is 6.20 Å². The summed E-state index contributed by atoms with van der Waals surface area (Å²) in [6.45, 7) is -0.246. The molecule has 124 valence electrons. The minimum Gasteiger partial charge on any atom is -0.309 e. The molecular weight excluding hydrogens is 311 g/mol. The average Bonchev–Trinajstić information content (AvgIpc) is 3.04. The van der Waals surface area contributed by atoms with Gasteiger partial charge in [-0.25, -0.2) is 0 Å². The maximum absolute atomic E-state index is 13.1. The van der Waals surface area contributed by atoms with Gasteiger partial charge in [-0.1, -0.05) is 0 Å². The van der Waals surface area contributed by atoms with E-state index in [-0.39, 0.29) is 12.1 Å². The largest absolute Gasteiger partial charge is 0.435 e. The first-order valence-corrected chi connectivity index (χ1v) is 7.30. The molecule has 2 aromatic rings. The van der Waals surface area contributed by atoms with E-state index in [1.165, 1.54) is 15.6 Å². The molecule has 1 N–H and O–H groups in total. The quantitative estimate of drug-likeness (QED) is 0.939. The van der Waals surface area contributed by atoms with Crippen molar-refractivity contribution in [3.63, 3.8) is 0 Å². The highest BCUT2D eigenvalue weighted by Crippen LogP contribution is 2.35. The van der Waals surface area contributed by atoms with Crippen molar-refractivity contribution in [3.8, 4) is 0 Å². The number of aromatic nitrogens is 4. The summed E-state index contributed by atoms with van der Waals surface area (Å²) in [7, 11) is 1.66. The van der Waals surface area contributed by atoms with Gasteiger partial charge < -0.3 is 5.32 Å². The smallest absolute Gasteiger partial charge is 0.309 e. The maximum Gasteiger partial charge on any atom is 0.435 e. The lowest BCUT2D eigenvalue weighted by Gasteiger charge is -2.14. The van der Waals surface area contributed by atoms with Gasteiger partial charge in [-0.05, 0) is 25.7 Å². The minimum atomic E-state index is -4.49. The van der Waals surface area contributed by atoms with Gasteiger partial charge in [0.25, 0.3) is 0 Å². The molecule has 0 aromatic carbocycles. The normalized spacial score (nSPS) is 14.6. The number of anilines is 1. The predicted octanol–water partition coefficient (Wildman–Crippen LogP) is 2.15. The van der Waals surface area contributed by atoms with Crippen molar-refractivity contribution in [1.29, 1.82) is 0 Å². The number of fused-ring (bicyclic) bond motifs is 1. The Morgan fingerprint density at radius 1 is 1.35 bits per heavy atom. The third kappa shape index (κ3) is 3.08. The number of aryl methyl sites for hydroxylation is 1. The van der Waals surface area contributed by atoms with Crippen molar-refractivity contribution in [3.05, 3.63) is 29.2 Å². The van der Waals surface area contributed by atoms with E-state index in [2.05, 4.69) is 15.5 Å². The van der Waals surface area contributed by atoms with E-state index in [1.807, 2.05) is 0 Å². The zero-order valence-corrected chi connectivity index (χ0v) is 12.5. The Kier molecular flexibility index (Phi) is 3.87. The molecule has 0 saturated carbocycles. The molecular formula is C14H16F3N5O. The Morgan fingerprint density at radius 2 is 2.09 bits per heavy atom. The summed E-state index contributed by atoms with van der Waals surface area (Å²) in [4.78, 5) is 12.1. The molecule has 9 heteroatoms. The number of alkyl halides is 3. The summed E-state index contributed by atoms with van der Waals surface area (Å²) in [5, 5.41) is 10.2.